The Hall–Kier alpha value is -1.70. The highest BCUT2D eigenvalue weighted by molar-refractivity contribution is 14.0. The van der Waals surface area contributed by atoms with Gasteiger partial charge in [-0.05, 0) is 49.6 Å². The second-order valence-corrected chi connectivity index (χ2v) is 6.83. The molecule has 2 N–H and O–H groups in total. The number of rotatable bonds is 7. The average Bonchev–Trinajstić information content (AvgIpc) is 2.63. The maximum Gasteiger partial charge on any atom is 0.191 e. The van der Waals surface area contributed by atoms with E-state index in [4.69, 9.17) is 4.99 Å². The van der Waals surface area contributed by atoms with Gasteiger partial charge in [-0.2, -0.15) is 0 Å². The Labute approximate surface area is 178 Å². The molecule has 0 unspecified atom stereocenters. The first-order valence-electron chi connectivity index (χ1n) is 9.40. The Morgan fingerprint density at radius 1 is 1.15 bits per heavy atom. The van der Waals surface area contributed by atoms with Gasteiger partial charge in [0, 0.05) is 36.8 Å². The van der Waals surface area contributed by atoms with Crippen molar-refractivity contribution in [2.75, 3.05) is 19.6 Å². The van der Waals surface area contributed by atoms with E-state index in [2.05, 4.69) is 22.5 Å². The van der Waals surface area contributed by atoms with Crippen molar-refractivity contribution in [2.45, 2.75) is 38.0 Å². The van der Waals surface area contributed by atoms with Crippen LogP contribution in [0, 0.1) is 5.82 Å². The minimum Gasteiger partial charge on any atom is -0.357 e. The first-order chi connectivity index (χ1) is 12.7. The number of guanidine groups is 1. The lowest BCUT2D eigenvalue weighted by molar-refractivity contribution is 0.253. The Bertz CT molecular complexity index is 715. The molecule has 27 heavy (non-hydrogen) atoms. The van der Waals surface area contributed by atoms with Gasteiger partial charge in [-0.3, -0.25) is 9.98 Å². The molecule has 2 aromatic rings. The number of hydrogen-bond acceptors (Lipinski definition) is 2. The minimum absolute atomic E-state index is 0. The molecule has 1 aliphatic carbocycles. The molecule has 0 saturated heterocycles. The normalized spacial score (nSPS) is 15.4. The quantitative estimate of drug-likeness (QED) is 0.356. The van der Waals surface area contributed by atoms with Crippen molar-refractivity contribution < 1.29 is 4.39 Å². The molecule has 0 bridgehead atoms. The zero-order valence-corrected chi connectivity index (χ0v) is 18.1. The molecule has 0 radical (unpaired) electrons. The zero-order chi connectivity index (χ0) is 18.2. The van der Waals surface area contributed by atoms with Crippen LogP contribution in [-0.4, -0.2) is 30.6 Å². The molecule has 1 fully saturated rings. The molecule has 1 saturated carbocycles. The van der Waals surface area contributed by atoms with Crippen LogP contribution in [0.2, 0.25) is 0 Å². The summed E-state index contributed by atoms with van der Waals surface area (Å²) < 4.78 is 13.2. The predicted octanol–water partition coefficient (Wildman–Crippen LogP) is 4.06. The van der Waals surface area contributed by atoms with Crippen molar-refractivity contribution in [3.8, 4) is 0 Å². The summed E-state index contributed by atoms with van der Waals surface area (Å²) in [5, 5.41) is 6.70. The Morgan fingerprint density at radius 3 is 2.52 bits per heavy atom. The Morgan fingerprint density at radius 2 is 1.93 bits per heavy atom. The van der Waals surface area contributed by atoms with Crippen LogP contribution < -0.4 is 10.6 Å². The summed E-state index contributed by atoms with van der Waals surface area (Å²) in [6, 6.07) is 12.9. The van der Waals surface area contributed by atoms with Crippen LogP contribution >= 0.6 is 24.0 Å². The fourth-order valence-electron chi connectivity index (χ4n) is 3.37. The third kappa shape index (κ3) is 5.89. The Kier molecular flexibility index (Phi) is 8.47. The van der Waals surface area contributed by atoms with Crippen LogP contribution in [0.1, 0.15) is 37.4 Å². The van der Waals surface area contributed by atoms with Gasteiger partial charge in [0.05, 0.1) is 6.54 Å². The summed E-state index contributed by atoms with van der Waals surface area (Å²) in [5.74, 6) is 0.646. The number of nitrogens with one attached hydrogen (secondary N) is 2. The highest BCUT2D eigenvalue weighted by Gasteiger charge is 2.38. The van der Waals surface area contributed by atoms with Crippen LogP contribution in [-0.2, 0) is 11.8 Å². The summed E-state index contributed by atoms with van der Waals surface area (Å²) in [6.07, 6.45) is 6.09. The molecule has 6 heteroatoms. The molecule has 0 aliphatic heterocycles. The van der Waals surface area contributed by atoms with Crippen molar-refractivity contribution in [3.63, 3.8) is 0 Å². The lowest BCUT2D eigenvalue weighted by Gasteiger charge is -2.41. The highest BCUT2D eigenvalue weighted by atomic mass is 127. The molecule has 4 nitrogen and oxygen atoms in total. The van der Waals surface area contributed by atoms with E-state index in [1.54, 1.807) is 12.1 Å². The van der Waals surface area contributed by atoms with Crippen molar-refractivity contribution in [3.05, 3.63) is 65.7 Å². The monoisotopic (exact) mass is 482 g/mol. The van der Waals surface area contributed by atoms with Crippen LogP contribution in [0.15, 0.2) is 53.7 Å². The SMILES string of the molecule is CCNC(=NCC1(c2ccc(F)cc2)CCC1)NCCc1ccccn1.I. The van der Waals surface area contributed by atoms with E-state index in [1.807, 2.05) is 36.5 Å². The minimum atomic E-state index is -0.184. The fourth-order valence-corrected chi connectivity index (χ4v) is 3.37. The maximum absolute atomic E-state index is 13.2. The molecule has 0 amide bonds. The molecule has 0 spiro atoms. The van der Waals surface area contributed by atoms with E-state index in [0.29, 0.717) is 0 Å². The molecule has 1 aliphatic rings. The van der Waals surface area contributed by atoms with Crippen LogP contribution in [0.5, 0.6) is 0 Å². The molecule has 1 aromatic heterocycles. The van der Waals surface area contributed by atoms with Crippen LogP contribution in [0.25, 0.3) is 0 Å². The molecule has 3 rings (SSSR count). The third-order valence-corrected chi connectivity index (χ3v) is 5.05. The molecule has 0 atom stereocenters. The van der Waals surface area contributed by atoms with E-state index < -0.39 is 0 Å². The largest absolute Gasteiger partial charge is 0.357 e. The van der Waals surface area contributed by atoms with Gasteiger partial charge in [0.1, 0.15) is 5.82 Å². The van der Waals surface area contributed by atoms with Gasteiger partial charge in [0.15, 0.2) is 5.96 Å². The summed E-state index contributed by atoms with van der Waals surface area (Å²) in [7, 11) is 0. The maximum atomic E-state index is 13.2. The van der Waals surface area contributed by atoms with Crippen molar-refractivity contribution in [1.29, 1.82) is 0 Å². The second-order valence-electron chi connectivity index (χ2n) is 6.83. The van der Waals surface area contributed by atoms with E-state index in [-0.39, 0.29) is 35.2 Å². The van der Waals surface area contributed by atoms with Gasteiger partial charge in [0.2, 0.25) is 0 Å². The summed E-state index contributed by atoms with van der Waals surface area (Å²) in [6.45, 7) is 4.39. The van der Waals surface area contributed by atoms with Gasteiger partial charge in [0.25, 0.3) is 0 Å². The molecule has 1 heterocycles. The number of nitrogens with zero attached hydrogens (tertiary/aromatic N) is 2. The lowest BCUT2D eigenvalue weighted by atomic mass is 9.64. The summed E-state index contributed by atoms with van der Waals surface area (Å²) in [5.41, 5.74) is 2.31. The average molecular weight is 482 g/mol. The number of halogens is 2. The van der Waals surface area contributed by atoms with E-state index in [9.17, 15) is 4.39 Å². The first kappa shape index (κ1) is 21.6. The highest BCUT2D eigenvalue weighted by Crippen LogP contribution is 2.44. The topological polar surface area (TPSA) is 49.3 Å². The number of pyridine rings is 1. The molecular weight excluding hydrogens is 454 g/mol. The van der Waals surface area contributed by atoms with Crippen molar-refractivity contribution in [1.82, 2.24) is 15.6 Å². The lowest BCUT2D eigenvalue weighted by Crippen LogP contribution is -2.42. The number of benzene rings is 1. The third-order valence-electron chi connectivity index (χ3n) is 5.05. The first-order valence-corrected chi connectivity index (χ1v) is 9.40. The van der Waals surface area contributed by atoms with E-state index >= 15 is 0 Å². The number of hydrogen-bond donors (Lipinski definition) is 2. The van der Waals surface area contributed by atoms with Crippen molar-refractivity contribution >= 4 is 29.9 Å². The van der Waals surface area contributed by atoms with Crippen molar-refractivity contribution in [2.24, 2.45) is 4.99 Å². The Balaban J connectivity index is 0.00000261. The summed E-state index contributed by atoms with van der Waals surface area (Å²) in [4.78, 5) is 9.16. The van der Waals surface area contributed by atoms with Gasteiger partial charge < -0.3 is 10.6 Å². The standard InChI is InChI=1S/C21H27FN4.HI/c1-2-23-20(25-15-11-19-6-3-4-14-24-19)26-16-21(12-5-13-21)17-7-9-18(22)10-8-17;/h3-4,6-10,14H,2,5,11-13,15-16H2,1H3,(H2,23,25,26);1H. The van der Waals surface area contributed by atoms with Crippen LogP contribution in [0.3, 0.4) is 0 Å². The molecular formula is C21H28FIN4. The van der Waals surface area contributed by atoms with Gasteiger partial charge in [-0.25, -0.2) is 4.39 Å². The van der Waals surface area contributed by atoms with Gasteiger partial charge in [-0.1, -0.05) is 24.6 Å². The molecule has 146 valence electrons. The molecule has 1 aromatic carbocycles. The van der Waals surface area contributed by atoms with E-state index in [0.717, 1.165) is 50.6 Å². The number of aliphatic imine (C=N–C) groups is 1. The van der Waals surface area contributed by atoms with Crippen LogP contribution in [0.4, 0.5) is 4.39 Å². The van der Waals surface area contributed by atoms with Gasteiger partial charge >= 0.3 is 0 Å². The number of aromatic nitrogens is 1. The fraction of sp³-hybridized carbons (Fsp3) is 0.429. The zero-order valence-electron chi connectivity index (χ0n) is 15.7. The predicted molar refractivity (Wildman–Crippen MR) is 119 cm³/mol. The smallest absolute Gasteiger partial charge is 0.191 e. The van der Waals surface area contributed by atoms with E-state index in [1.165, 1.54) is 12.0 Å². The second kappa shape index (κ2) is 10.6. The van der Waals surface area contributed by atoms with Gasteiger partial charge in [-0.15, -0.1) is 24.0 Å². The summed E-state index contributed by atoms with van der Waals surface area (Å²) >= 11 is 0.